The summed E-state index contributed by atoms with van der Waals surface area (Å²) in [5.41, 5.74) is 0.734. The molecule has 0 spiro atoms. The Balaban J connectivity index is 1.89. The second-order valence-electron chi connectivity index (χ2n) is 4.80. The molecular formula is C18H15N2O2. The van der Waals surface area contributed by atoms with Crippen molar-refractivity contribution in [2.24, 2.45) is 0 Å². The molecule has 0 aliphatic heterocycles. The summed E-state index contributed by atoms with van der Waals surface area (Å²) in [6, 6.07) is 17.0. The number of amides is 1. The highest BCUT2D eigenvalue weighted by atomic mass is 16.5. The minimum atomic E-state index is -0.117. The van der Waals surface area contributed by atoms with Crippen molar-refractivity contribution in [1.29, 1.82) is 0 Å². The summed E-state index contributed by atoms with van der Waals surface area (Å²) in [6.45, 7) is 3.56. The van der Waals surface area contributed by atoms with E-state index in [0.29, 0.717) is 5.88 Å². The van der Waals surface area contributed by atoms with Gasteiger partial charge in [0.05, 0.1) is 0 Å². The minimum absolute atomic E-state index is 0.117. The van der Waals surface area contributed by atoms with E-state index < -0.39 is 0 Å². The van der Waals surface area contributed by atoms with Crippen molar-refractivity contribution in [3.05, 3.63) is 67.7 Å². The van der Waals surface area contributed by atoms with Crippen molar-refractivity contribution in [3.8, 4) is 11.6 Å². The molecule has 0 atom stereocenters. The molecule has 0 aliphatic carbocycles. The third-order valence-electron chi connectivity index (χ3n) is 3.17. The summed E-state index contributed by atoms with van der Waals surface area (Å²) in [6.07, 6.45) is 1.96. The number of pyridine rings is 1. The highest BCUT2D eigenvalue weighted by Gasteiger charge is 2.04. The first-order valence-corrected chi connectivity index (χ1v) is 6.96. The van der Waals surface area contributed by atoms with Crippen LogP contribution in [0.15, 0.2) is 60.8 Å². The van der Waals surface area contributed by atoms with Gasteiger partial charge >= 0.3 is 0 Å². The third kappa shape index (κ3) is 3.23. The summed E-state index contributed by atoms with van der Waals surface area (Å²) >= 11 is 0. The number of aromatic nitrogens is 1. The van der Waals surface area contributed by atoms with E-state index in [9.17, 15) is 4.79 Å². The zero-order valence-electron chi connectivity index (χ0n) is 12.0. The highest BCUT2D eigenvalue weighted by molar-refractivity contribution is 5.94. The maximum absolute atomic E-state index is 11.4. The van der Waals surface area contributed by atoms with Gasteiger partial charge in [0.2, 0.25) is 11.8 Å². The summed E-state index contributed by atoms with van der Waals surface area (Å²) < 4.78 is 5.72. The van der Waals surface area contributed by atoms with Gasteiger partial charge in [0.15, 0.2) is 0 Å². The first-order chi connectivity index (χ1) is 10.7. The van der Waals surface area contributed by atoms with Gasteiger partial charge in [0.1, 0.15) is 5.75 Å². The Kier molecular flexibility index (Phi) is 4.01. The Labute approximate surface area is 128 Å². The lowest BCUT2D eigenvalue weighted by atomic mass is 10.1. The first kappa shape index (κ1) is 14.1. The minimum Gasteiger partial charge on any atom is -0.439 e. The van der Waals surface area contributed by atoms with Crippen LogP contribution in [0.4, 0.5) is 5.69 Å². The highest BCUT2D eigenvalue weighted by Crippen LogP contribution is 2.25. The van der Waals surface area contributed by atoms with E-state index in [1.807, 2.05) is 54.6 Å². The van der Waals surface area contributed by atoms with Gasteiger partial charge in [-0.25, -0.2) is 4.98 Å². The second kappa shape index (κ2) is 6.26. The molecule has 0 bridgehead atoms. The van der Waals surface area contributed by atoms with Crippen LogP contribution in [-0.4, -0.2) is 10.9 Å². The monoisotopic (exact) mass is 291 g/mol. The van der Waals surface area contributed by atoms with Crippen molar-refractivity contribution < 1.29 is 9.53 Å². The molecule has 22 heavy (non-hydrogen) atoms. The van der Waals surface area contributed by atoms with Crippen molar-refractivity contribution in [3.63, 3.8) is 0 Å². The predicted molar refractivity (Wildman–Crippen MR) is 86.9 cm³/mol. The number of fused-ring (bicyclic) bond motifs is 1. The molecule has 4 heteroatoms. The van der Waals surface area contributed by atoms with Gasteiger partial charge < -0.3 is 10.1 Å². The summed E-state index contributed by atoms with van der Waals surface area (Å²) in [7, 11) is 0. The van der Waals surface area contributed by atoms with Crippen molar-refractivity contribution in [2.45, 2.75) is 6.42 Å². The SMILES string of the molecule is [CH2]CC(=O)Nc1ccc2cnc(Oc3ccccc3)cc2c1. The van der Waals surface area contributed by atoms with Crippen molar-refractivity contribution in [2.75, 3.05) is 5.32 Å². The maximum Gasteiger partial charge on any atom is 0.224 e. The number of carbonyl (C=O) groups excluding carboxylic acids is 1. The van der Waals surface area contributed by atoms with E-state index in [0.717, 1.165) is 22.2 Å². The van der Waals surface area contributed by atoms with Crippen LogP contribution in [0.5, 0.6) is 11.6 Å². The number of hydrogen-bond acceptors (Lipinski definition) is 3. The fraction of sp³-hybridized carbons (Fsp3) is 0.0556. The number of benzene rings is 2. The molecule has 1 heterocycles. The van der Waals surface area contributed by atoms with Gasteiger partial charge in [-0.3, -0.25) is 4.79 Å². The molecule has 2 aromatic carbocycles. The number of anilines is 1. The van der Waals surface area contributed by atoms with E-state index in [2.05, 4.69) is 17.2 Å². The normalized spacial score (nSPS) is 10.4. The fourth-order valence-electron chi connectivity index (χ4n) is 2.09. The summed E-state index contributed by atoms with van der Waals surface area (Å²) in [5.74, 6) is 1.13. The zero-order valence-corrected chi connectivity index (χ0v) is 12.0. The standard InChI is InChI=1S/C18H15N2O2/c1-2-17(21)20-15-9-8-13-12-19-18(11-14(13)10-15)22-16-6-4-3-5-7-16/h3-12H,1-2H2,(H,20,21). The summed E-state index contributed by atoms with van der Waals surface area (Å²) in [4.78, 5) is 15.7. The van der Waals surface area contributed by atoms with Crippen molar-refractivity contribution >= 4 is 22.4 Å². The predicted octanol–water partition coefficient (Wildman–Crippen LogP) is 4.19. The topological polar surface area (TPSA) is 51.2 Å². The number of nitrogens with one attached hydrogen (secondary N) is 1. The average Bonchev–Trinajstić information content (AvgIpc) is 2.55. The Bertz CT molecular complexity index is 801. The van der Waals surface area contributed by atoms with Gasteiger partial charge in [0.25, 0.3) is 0 Å². The van der Waals surface area contributed by atoms with Crippen LogP contribution >= 0.6 is 0 Å². The second-order valence-corrected chi connectivity index (χ2v) is 4.80. The molecular weight excluding hydrogens is 276 g/mol. The van der Waals surface area contributed by atoms with Crippen LogP contribution in [0.3, 0.4) is 0 Å². The number of nitrogens with zero attached hydrogens (tertiary/aromatic N) is 1. The number of rotatable bonds is 4. The Morgan fingerprint density at radius 1 is 1.09 bits per heavy atom. The molecule has 0 unspecified atom stereocenters. The van der Waals surface area contributed by atoms with Crippen LogP contribution < -0.4 is 10.1 Å². The molecule has 1 radical (unpaired) electrons. The largest absolute Gasteiger partial charge is 0.439 e. The van der Waals surface area contributed by atoms with E-state index in [1.165, 1.54) is 0 Å². The number of ether oxygens (including phenoxy) is 1. The molecule has 0 saturated carbocycles. The fourth-order valence-corrected chi connectivity index (χ4v) is 2.09. The molecule has 109 valence electrons. The van der Waals surface area contributed by atoms with Gasteiger partial charge in [-0.15, -0.1) is 0 Å². The summed E-state index contributed by atoms with van der Waals surface area (Å²) in [5, 5.41) is 4.72. The van der Waals surface area contributed by atoms with Gasteiger partial charge in [-0.05, 0) is 36.6 Å². The molecule has 0 saturated heterocycles. The third-order valence-corrected chi connectivity index (χ3v) is 3.17. The van der Waals surface area contributed by atoms with Crippen LogP contribution in [-0.2, 0) is 4.79 Å². The van der Waals surface area contributed by atoms with Crippen LogP contribution in [0.25, 0.3) is 10.8 Å². The number of carbonyl (C=O) groups is 1. The molecule has 3 rings (SSSR count). The Morgan fingerprint density at radius 2 is 1.91 bits per heavy atom. The van der Waals surface area contributed by atoms with Crippen LogP contribution in [0, 0.1) is 6.92 Å². The van der Waals surface area contributed by atoms with E-state index >= 15 is 0 Å². The van der Waals surface area contributed by atoms with E-state index in [1.54, 1.807) is 6.20 Å². The maximum atomic E-state index is 11.4. The van der Waals surface area contributed by atoms with Crippen molar-refractivity contribution in [1.82, 2.24) is 4.98 Å². The lowest BCUT2D eigenvalue weighted by Gasteiger charge is -2.08. The van der Waals surface area contributed by atoms with Gasteiger partial charge in [-0.2, -0.15) is 0 Å². The smallest absolute Gasteiger partial charge is 0.224 e. The molecule has 3 aromatic rings. The number of para-hydroxylation sites is 1. The first-order valence-electron chi connectivity index (χ1n) is 6.96. The molecule has 0 fully saturated rings. The Morgan fingerprint density at radius 3 is 2.68 bits per heavy atom. The van der Waals surface area contributed by atoms with Crippen LogP contribution in [0.2, 0.25) is 0 Å². The van der Waals surface area contributed by atoms with E-state index in [4.69, 9.17) is 4.74 Å². The molecule has 1 amide bonds. The quantitative estimate of drug-likeness (QED) is 0.784. The molecule has 1 N–H and O–H groups in total. The average molecular weight is 291 g/mol. The zero-order chi connectivity index (χ0) is 15.4. The Hall–Kier alpha value is -2.88. The molecule has 4 nitrogen and oxygen atoms in total. The van der Waals surface area contributed by atoms with Gasteiger partial charge in [-0.1, -0.05) is 24.3 Å². The number of hydrogen-bond donors (Lipinski definition) is 1. The van der Waals surface area contributed by atoms with Crippen LogP contribution in [0.1, 0.15) is 6.42 Å². The van der Waals surface area contributed by atoms with E-state index in [-0.39, 0.29) is 12.3 Å². The molecule has 0 aliphatic rings. The lowest BCUT2D eigenvalue weighted by molar-refractivity contribution is -0.115. The molecule has 1 aromatic heterocycles. The van der Waals surface area contributed by atoms with Gasteiger partial charge in [0, 0.05) is 29.8 Å². The lowest BCUT2D eigenvalue weighted by Crippen LogP contribution is -2.09.